The smallest absolute Gasteiger partial charge is 0.220 e. The minimum atomic E-state index is 0.142. The zero-order valence-electron chi connectivity index (χ0n) is 21.9. The van der Waals surface area contributed by atoms with Crippen LogP contribution >= 0.6 is 0 Å². The average Bonchev–Trinajstić information content (AvgIpc) is 3.26. The van der Waals surface area contributed by atoms with Crippen LogP contribution in [-0.2, 0) is 4.79 Å². The topological polar surface area (TPSA) is 56.2 Å². The fraction of sp³-hybridized carbons (Fsp3) is 0.355. The number of carbonyl (C=O) groups excluding carboxylic acids is 1. The van der Waals surface area contributed by atoms with Crippen molar-refractivity contribution in [3.8, 4) is 22.8 Å². The van der Waals surface area contributed by atoms with E-state index in [9.17, 15) is 4.79 Å². The summed E-state index contributed by atoms with van der Waals surface area (Å²) < 4.78 is 8.33. The van der Waals surface area contributed by atoms with Crippen LogP contribution in [0.3, 0.4) is 0 Å². The molecule has 0 aliphatic heterocycles. The predicted octanol–water partition coefficient (Wildman–Crippen LogP) is 7.02. The van der Waals surface area contributed by atoms with Crippen molar-refractivity contribution >= 4 is 16.9 Å². The zero-order chi connectivity index (χ0) is 25.5. The molecule has 0 unspecified atom stereocenters. The van der Waals surface area contributed by atoms with Gasteiger partial charge in [-0.05, 0) is 74.4 Å². The minimum absolute atomic E-state index is 0.142. The van der Waals surface area contributed by atoms with Gasteiger partial charge >= 0.3 is 0 Å². The zero-order valence-corrected chi connectivity index (χ0v) is 21.9. The molecule has 0 bridgehead atoms. The second-order valence-corrected chi connectivity index (χ2v) is 9.91. The molecule has 5 heteroatoms. The van der Waals surface area contributed by atoms with Gasteiger partial charge in [0.05, 0.1) is 17.6 Å². The van der Waals surface area contributed by atoms with Gasteiger partial charge in [0.2, 0.25) is 5.91 Å². The van der Waals surface area contributed by atoms with Crippen molar-refractivity contribution in [1.82, 2.24) is 14.9 Å². The number of hydrogen-bond acceptors (Lipinski definition) is 3. The van der Waals surface area contributed by atoms with E-state index in [1.54, 1.807) is 0 Å². The normalized spacial score (nSPS) is 11.2. The molecule has 0 fully saturated rings. The molecule has 0 aliphatic rings. The number of amides is 1. The molecule has 0 radical (unpaired) electrons. The molecular formula is C31H37N3O2. The maximum atomic E-state index is 11.9. The van der Waals surface area contributed by atoms with Crippen LogP contribution in [0.4, 0.5) is 0 Å². The van der Waals surface area contributed by atoms with Crippen molar-refractivity contribution in [2.24, 2.45) is 5.92 Å². The van der Waals surface area contributed by atoms with E-state index in [-0.39, 0.29) is 5.91 Å². The first-order chi connectivity index (χ1) is 17.4. The Morgan fingerprint density at radius 2 is 1.75 bits per heavy atom. The number of imidazole rings is 1. The van der Waals surface area contributed by atoms with Crippen molar-refractivity contribution in [3.63, 3.8) is 0 Å². The van der Waals surface area contributed by atoms with Gasteiger partial charge in [0.1, 0.15) is 11.6 Å². The summed E-state index contributed by atoms with van der Waals surface area (Å²) in [6.45, 7) is 9.85. The largest absolute Gasteiger partial charge is 0.494 e. The lowest BCUT2D eigenvalue weighted by molar-refractivity contribution is -0.121. The predicted molar refractivity (Wildman–Crippen MR) is 148 cm³/mol. The molecule has 1 heterocycles. The van der Waals surface area contributed by atoms with Crippen molar-refractivity contribution < 1.29 is 9.53 Å². The lowest BCUT2D eigenvalue weighted by atomic mass is 10.1. The van der Waals surface area contributed by atoms with E-state index in [4.69, 9.17) is 9.72 Å². The van der Waals surface area contributed by atoms with E-state index in [0.29, 0.717) is 18.9 Å². The van der Waals surface area contributed by atoms with Gasteiger partial charge in [-0.2, -0.15) is 0 Å². The molecular weight excluding hydrogens is 446 g/mol. The molecule has 1 aromatic heterocycles. The van der Waals surface area contributed by atoms with Gasteiger partial charge in [0.25, 0.3) is 0 Å². The molecule has 0 aliphatic carbocycles. The highest BCUT2D eigenvalue weighted by molar-refractivity contribution is 5.84. The maximum Gasteiger partial charge on any atom is 0.220 e. The fourth-order valence-electron chi connectivity index (χ4n) is 4.21. The van der Waals surface area contributed by atoms with E-state index in [1.165, 1.54) is 11.1 Å². The first-order valence-corrected chi connectivity index (χ1v) is 13.0. The summed E-state index contributed by atoms with van der Waals surface area (Å²) in [5.74, 6) is 2.38. The summed E-state index contributed by atoms with van der Waals surface area (Å²) in [5, 5.41) is 2.98. The molecule has 1 N–H and O–H groups in total. The van der Waals surface area contributed by atoms with E-state index in [1.807, 2.05) is 30.3 Å². The van der Waals surface area contributed by atoms with Gasteiger partial charge in [-0.3, -0.25) is 9.36 Å². The molecule has 36 heavy (non-hydrogen) atoms. The van der Waals surface area contributed by atoms with Crippen LogP contribution < -0.4 is 10.1 Å². The lowest BCUT2D eigenvalue weighted by Gasteiger charge is -2.12. The molecule has 4 aromatic rings. The van der Waals surface area contributed by atoms with Gasteiger partial charge in [-0.25, -0.2) is 4.98 Å². The third-order valence-electron chi connectivity index (χ3n) is 6.43. The lowest BCUT2D eigenvalue weighted by Crippen LogP contribution is -2.26. The molecule has 0 saturated heterocycles. The van der Waals surface area contributed by atoms with E-state index >= 15 is 0 Å². The second kappa shape index (κ2) is 11.9. The summed E-state index contributed by atoms with van der Waals surface area (Å²) in [6, 6.07) is 23.0. The highest BCUT2D eigenvalue weighted by Crippen LogP contribution is 2.31. The molecule has 4 rings (SSSR count). The number of hydrogen-bond donors (Lipinski definition) is 1. The monoisotopic (exact) mass is 483 g/mol. The molecule has 0 saturated carbocycles. The third-order valence-corrected chi connectivity index (χ3v) is 6.43. The van der Waals surface area contributed by atoms with Crippen LogP contribution in [0.15, 0.2) is 66.7 Å². The highest BCUT2D eigenvalue weighted by atomic mass is 16.5. The van der Waals surface area contributed by atoms with E-state index in [0.717, 1.165) is 59.7 Å². The molecule has 0 atom stereocenters. The molecule has 188 valence electrons. The van der Waals surface area contributed by atoms with Gasteiger partial charge in [-0.15, -0.1) is 0 Å². The maximum absolute atomic E-state index is 11.9. The van der Waals surface area contributed by atoms with E-state index < -0.39 is 0 Å². The number of nitrogens with zero attached hydrogens (tertiary/aromatic N) is 2. The Kier molecular flexibility index (Phi) is 8.42. The van der Waals surface area contributed by atoms with E-state index in [2.05, 4.69) is 74.0 Å². The Hall–Kier alpha value is -3.60. The first-order valence-electron chi connectivity index (χ1n) is 13.0. The van der Waals surface area contributed by atoms with Gasteiger partial charge < -0.3 is 10.1 Å². The quantitative estimate of drug-likeness (QED) is 0.233. The first kappa shape index (κ1) is 25.5. The number of fused-ring (bicyclic) bond motifs is 1. The summed E-state index contributed by atoms with van der Waals surface area (Å²) >= 11 is 0. The number of rotatable bonds is 11. The van der Waals surface area contributed by atoms with Crippen LogP contribution in [0.25, 0.3) is 28.1 Å². The summed E-state index contributed by atoms with van der Waals surface area (Å²) in [6.07, 6.45) is 3.35. The Bertz CT molecular complexity index is 1310. The number of aromatic nitrogens is 2. The Morgan fingerprint density at radius 1 is 0.944 bits per heavy atom. The van der Waals surface area contributed by atoms with Crippen LogP contribution in [0, 0.1) is 19.8 Å². The Morgan fingerprint density at radius 3 is 2.50 bits per heavy atom. The van der Waals surface area contributed by atoms with Crippen LogP contribution in [-0.4, -0.2) is 28.6 Å². The van der Waals surface area contributed by atoms with Crippen molar-refractivity contribution in [2.75, 3.05) is 13.2 Å². The third kappa shape index (κ3) is 6.34. The molecule has 1 amide bonds. The Labute approximate surface area is 214 Å². The average molecular weight is 484 g/mol. The van der Waals surface area contributed by atoms with Gasteiger partial charge in [-0.1, -0.05) is 50.2 Å². The number of nitrogens with one attached hydrogen (secondary N) is 1. The summed E-state index contributed by atoms with van der Waals surface area (Å²) in [5.41, 5.74) is 6.65. The summed E-state index contributed by atoms with van der Waals surface area (Å²) in [7, 11) is 0. The van der Waals surface area contributed by atoms with Gasteiger partial charge in [0.15, 0.2) is 0 Å². The number of aryl methyl sites for hydroxylation is 2. The minimum Gasteiger partial charge on any atom is -0.494 e. The number of benzene rings is 3. The van der Waals surface area contributed by atoms with Crippen molar-refractivity contribution in [1.29, 1.82) is 0 Å². The number of ether oxygens (including phenoxy) is 1. The van der Waals surface area contributed by atoms with Gasteiger partial charge in [0, 0.05) is 30.3 Å². The molecule has 5 nitrogen and oxygen atoms in total. The number of unbranched alkanes of at least 4 members (excludes halogenated alkanes) is 2. The summed E-state index contributed by atoms with van der Waals surface area (Å²) in [4.78, 5) is 16.9. The van der Waals surface area contributed by atoms with Crippen LogP contribution in [0.1, 0.15) is 50.7 Å². The fourth-order valence-corrected chi connectivity index (χ4v) is 4.21. The molecule has 0 spiro atoms. The number of carbonyl (C=O) groups is 1. The van der Waals surface area contributed by atoms with Crippen LogP contribution in [0.5, 0.6) is 5.75 Å². The van der Waals surface area contributed by atoms with Crippen molar-refractivity contribution in [3.05, 3.63) is 77.9 Å². The van der Waals surface area contributed by atoms with Crippen LogP contribution in [0.2, 0.25) is 0 Å². The second-order valence-electron chi connectivity index (χ2n) is 9.91. The molecule has 3 aromatic carbocycles. The van der Waals surface area contributed by atoms with Crippen molar-refractivity contribution in [2.45, 2.75) is 53.4 Å². The Balaban J connectivity index is 1.48. The highest BCUT2D eigenvalue weighted by Gasteiger charge is 2.15. The standard InChI is InChI=1S/C31H37N3O2/c1-22(2)21-32-30(35)13-9-6-10-18-36-27-16-17-28-29(20-27)34(26-15-14-23(3)24(4)19-26)31(33-28)25-11-7-5-8-12-25/h5,7-8,11-12,14-17,19-20,22H,6,9-10,13,18,21H2,1-4H3,(H,32,35). The SMILES string of the molecule is Cc1ccc(-n2c(-c3ccccc3)nc3ccc(OCCCCCC(=O)NCC(C)C)cc32)cc1C.